The molecule has 2 rings (SSSR count). The van der Waals surface area contributed by atoms with E-state index in [1.807, 2.05) is 37.8 Å². The quantitative estimate of drug-likeness (QED) is 0.803. The first-order valence-corrected chi connectivity index (χ1v) is 7.80. The Morgan fingerprint density at radius 3 is 2.76 bits per heavy atom. The Hall–Kier alpha value is -1.89. The Labute approximate surface area is 128 Å². The summed E-state index contributed by atoms with van der Waals surface area (Å²) in [4.78, 5) is 17.1. The minimum Gasteiger partial charge on any atom is -0.338 e. The van der Waals surface area contributed by atoms with Crippen LogP contribution in [0.4, 0.5) is 4.79 Å². The van der Waals surface area contributed by atoms with Gasteiger partial charge < -0.3 is 10.6 Å². The molecule has 0 atom stereocenters. The summed E-state index contributed by atoms with van der Waals surface area (Å²) in [5, 5.41) is 10.9. The Balaban J connectivity index is 1.62. The lowest BCUT2D eigenvalue weighted by Gasteiger charge is -2.07. The van der Waals surface area contributed by atoms with Crippen LogP contribution in [0.25, 0.3) is 0 Å². The van der Waals surface area contributed by atoms with Crippen molar-refractivity contribution in [2.75, 3.05) is 6.54 Å². The predicted molar refractivity (Wildman–Crippen MR) is 83.4 cm³/mol. The van der Waals surface area contributed by atoms with Gasteiger partial charge in [-0.15, -0.1) is 11.3 Å². The van der Waals surface area contributed by atoms with Crippen LogP contribution in [0.1, 0.15) is 27.6 Å². The monoisotopic (exact) mass is 307 g/mol. The van der Waals surface area contributed by atoms with Crippen LogP contribution < -0.4 is 10.6 Å². The van der Waals surface area contributed by atoms with E-state index in [0.717, 1.165) is 34.1 Å². The minimum atomic E-state index is -0.142. The second kappa shape index (κ2) is 7.21. The van der Waals surface area contributed by atoms with Gasteiger partial charge in [0.2, 0.25) is 0 Å². The molecule has 2 amide bonds. The minimum absolute atomic E-state index is 0.142. The predicted octanol–water partition coefficient (Wildman–Crippen LogP) is 2.15. The third kappa shape index (κ3) is 4.86. The van der Waals surface area contributed by atoms with Crippen molar-refractivity contribution < 1.29 is 4.79 Å². The highest BCUT2D eigenvalue weighted by Crippen LogP contribution is 2.16. The lowest BCUT2D eigenvalue weighted by atomic mass is 10.4. The van der Waals surface area contributed by atoms with Gasteiger partial charge >= 0.3 is 6.03 Å². The van der Waals surface area contributed by atoms with Crippen molar-refractivity contribution in [1.82, 2.24) is 25.4 Å². The number of aromatic nitrogens is 3. The number of hydrogen-bond acceptors (Lipinski definition) is 4. The highest BCUT2D eigenvalue weighted by atomic mass is 32.1. The Morgan fingerprint density at radius 1 is 1.33 bits per heavy atom. The van der Waals surface area contributed by atoms with Crippen LogP contribution in [0.3, 0.4) is 0 Å². The maximum absolute atomic E-state index is 11.7. The Morgan fingerprint density at radius 2 is 2.14 bits per heavy atom. The highest BCUT2D eigenvalue weighted by molar-refractivity contribution is 7.11. The molecule has 2 aromatic rings. The lowest BCUT2D eigenvalue weighted by Crippen LogP contribution is -2.35. The van der Waals surface area contributed by atoms with Gasteiger partial charge in [-0.3, -0.25) is 4.68 Å². The molecule has 0 fully saturated rings. The van der Waals surface area contributed by atoms with Crippen molar-refractivity contribution >= 4 is 17.4 Å². The molecular formula is C14H21N5OS. The van der Waals surface area contributed by atoms with E-state index in [4.69, 9.17) is 0 Å². The van der Waals surface area contributed by atoms with Crippen LogP contribution in [-0.4, -0.2) is 27.3 Å². The van der Waals surface area contributed by atoms with E-state index < -0.39 is 0 Å². The first-order valence-electron chi connectivity index (χ1n) is 6.98. The number of nitrogens with zero attached hydrogens (tertiary/aromatic N) is 3. The summed E-state index contributed by atoms with van der Waals surface area (Å²) in [6, 6.07) is -0.142. The van der Waals surface area contributed by atoms with Crippen molar-refractivity contribution in [3.63, 3.8) is 0 Å². The zero-order valence-corrected chi connectivity index (χ0v) is 13.5. The smallest absolute Gasteiger partial charge is 0.315 e. The maximum Gasteiger partial charge on any atom is 0.315 e. The Kier molecular flexibility index (Phi) is 5.32. The molecule has 7 heteroatoms. The summed E-state index contributed by atoms with van der Waals surface area (Å²) in [7, 11) is 0. The van der Waals surface area contributed by atoms with Crippen LogP contribution in [0.2, 0.25) is 0 Å². The lowest BCUT2D eigenvalue weighted by molar-refractivity contribution is 0.240. The average Bonchev–Trinajstić information content (AvgIpc) is 2.98. The second-order valence-corrected chi connectivity index (χ2v) is 6.27. The number of carbonyl (C=O) groups is 1. The normalized spacial score (nSPS) is 10.6. The molecule has 0 aliphatic carbocycles. The number of amides is 2. The van der Waals surface area contributed by atoms with Crippen LogP contribution >= 0.6 is 11.3 Å². The maximum atomic E-state index is 11.7. The molecule has 0 saturated heterocycles. The van der Waals surface area contributed by atoms with Crippen LogP contribution in [0, 0.1) is 20.8 Å². The molecule has 6 nitrogen and oxygen atoms in total. The fourth-order valence-electron chi connectivity index (χ4n) is 1.99. The highest BCUT2D eigenvalue weighted by Gasteiger charge is 2.06. The van der Waals surface area contributed by atoms with Gasteiger partial charge in [-0.05, 0) is 32.8 Å². The van der Waals surface area contributed by atoms with Crippen molar-refractivity contribution in [3.05, 3.63) is 33.5 Å². The molecule has 0 radical (unpaired) electrons. The van der Waals surface area contributed by atoms with Crippen molar-refractivity contribution in [3.8, 4) is 0 Å². The summed E-state index contributed by atoms with van der Waals surface area (Å²) < 4.78 is 1.89. The molecule has 0 saturated carbocycles. The number of aryl methyl sites for hydroxylation is 4. The second-order valence-electron chi connectivity index (χ2n) is 4.99. The van der Waals surface area contributed by atoms with Gasteiger partial charge in [0.15, 0.2) is 0 Å². The molecule has 0 aromatic carbocycles. The molecule has 0 unspecified atom stereocenters. The topological polar surface area (TPSA) is 71.8 Å². The third-order valence-corrected chi connectivity index (χ3v) is 4.09. The SMILES string of the molecule is Cc1cnn(CCCNC(=O)NCc2sc(C)nc2C)c1. The van der Waals surface area contributed by atoms with E-state index in [1.165, 1.54) is 0 Å². The van der Waals surface area contributed by atoms with Gasteiger partial charge in [0.05, 0.1) is 23.4 Å². The molecule has 2 heterocycles. The van der Waals surface area contributed by atoms with Crippen molar-refractivity contribution in [1.29, 1.82) is 0 Å². The Bertz CT molecular complexity index is 604. The molecular weight excluding hydrogens is 286 g/mol. The summed E-state index contributed by atoms with van der Waals surface area (Å²) in [6.45, 7) is 7.91. The standard InChI is InChI=1S/C14H21N5OS/c1-10-7-17-19(9-10)6-4-5-15-14(20)16-8-13-11(2)18-12(3)21-13/h7,9H,4-6,8H2,1-3H3,(H2,15,16,20). The molecule has 21 heavy (non-hydrogen) atoms. The summed E-state index contributed by atoms with van der Waals surface area (Å²) >= 11 is 1.62. The molecule has 0 bridgehead atoms. The summed E-state index contributed by atoms with van der Waals surface area (Å²) in [6.07, 6.45) is 4.68. The van der Waals surface area contributed by atoms with Gasteiger partial charge in [-0.1, -0.05) is 0 Å². The summed E-state index contributed by atoms with van der Waals surface area (Å²) in [5.74, 6) is 0. The first kappa shape index (κ1) is 15.5. The molecule has 0 aliphatic heterocycles. The molecule has 0 aliphatic rings. The van der Waals surface area contributed by atoms with E-state index in [2.05, 4.69) is 20.7 Å². The number of nitrogens with one attached hydrogen (secondary N) is 2. The number of rotatable bonds is 6. The van der Waals surface area contributed by atoms with Gasteiger partial charge in [0, 0.05) is 24.2 Å². The van der Waals surface area contributed by atoms with E-state index in [-0.39, 0.29) is 6.03 Å². The number of urea groups is 1. The average molecular weight is 307 g/mol. The zero-order chi connectivity index (χ0) is 15.2. The number of carbonyl (C=O) groups excluding carboxylic acids is 1. The largest absolute Gasteiger partial charge is 0.338 e. The summed E-state index contributed by atoms with van der Waals surface area (Å²) in [5.41, 5.74) is 2.14. The molecule has 0 spiro atoms. The van der Waals surface area contributed by atoms with E-state index >= 15 is 0 Å². The van der Waals surface area contributed by atoms with Crippen LogP contribution in [0.15, 0.2) is 12.4 Å². The van der Waals surface area contributed by atoms with Gasteiger partial charge in [-0.25, -0.2) is 9.78 Å². The molecule has 2 aromatic heterocycles. The van der Waals surface area contributed by atoms with E-state index in [9.17, 15) is 4.79 Å². The van der Waals surface area contributed by atoms with Gasteiger partial charge in [-0.2, -0.15) is 5.10 Å². The van der Waals surface area contributed by atoms with E-state index in [0.29, 0.717) is 13.1 Å². The van der Waals surface area contributed by atoms with Crippen LogP contribution in [0.5, 0.6) is 0 Å². The van der Waals surface area contributed by atoms with Crippen LogP contribution in [-0.2, 0) is 13.1 Å². The third-order valence-electron chi connectivity index (χ3n) is 3.02. The van der Waals surface area contributed by atoms with Gasteiger partial charge in [0.1, 0.15) is 0 Å². The van der Waals surface area contributed by atoms with E-state index in [1.54, 1.807) is 11.3 Å². The fraction of sp³-hybridized carbons (Fsp3) is 0.500. The zero-order valence-electron chi connectivity index (χ0n) is 12.6. The first-order chi connectivity index (χ1) is 10.0. The van der Waals surface area contributed by atoms with Crippen molar-refractivity contribution in [2.45, 2.75) is 40.3 Å². The fourth-order valence-corrected chi connectivity index (χ4v) is 2.87. The van der Waals surface area contributed by atoms with Crippen molar-refractivity contribution in [2.24, 2.45) is 0 Å². The number of hydrogen-bond donors (Lipinski definition) is 2. The number of thiazole rings is 1. The molecule has 114 valence electrons. The van der Waals surface area contributed by atoms with Gasteiger partial charge in [0.25, 0.3) is 0 Å². The molecule has 2 N–H and O–H groups in total.